The number of anilines is 7. The highest BCUT2D eigenvalue weighted by Crippen LogP contribution is 2.40. The molecule has 0 spiro atoms. The second kappa shape index (κ2) is 29.3. The molecule has 0 saturated carbocycles. The van der Waals surface area contributed by atoms with Gasteiger partial charge >= 0.3 is 0 Å². The van der Waals surface area contributed by atoms with Crippen LogP contribution in [0.1, 0.15) is 63.2 Å². The molecule has 85 heavy (non-hydrogen) atoms. The highest BCUT2D eigenvalue weighted by molar-refractivity contribution is 6.08. The summed E-state index contributed by atoms with van der Waals surface area (Å²) in [5.74, 6) is 0.0987. The summed E-state index contributed by atoms with van der Waals surface area (Å²) in [4.78, 5) is 34.2. The Bertz CT molecular complexity index is 3530. The quantitative estimate of drug-likeness (QED) is 0.0172. The summed E-state index contributed by atoms with van der Waals surface area (Å²) in [6.45, 7) is 7.93. The zero-order valence-corrected chi connectivity index (χ0v) is 48.6. The largest absolute Gasteiger partial charge is 0.494 e. The first-order valence-electron chi connectivity index (χ1n) is 29.7. The van der Waals surface area contributed by atoms with Gasteiger partial charge in [0.15, 0.2) is 0 Å². The van der Waals surface area contributed by atoms with Gasteiger partial charge in [-0.25, -0.2) is 14.7 Å². The maximum Gasteiger partial charge on any atom is 0.150 e. The van der Waals surface area contributed by atoms with Crippen molar-refractivity contribution in [2.45, 2.75) is 77.7 Å². The van der Waals surface area contributed by atoms with Crippen LogP contribution >= 0.6 is 0 Å². The van der Waals surface area contributed by atoms with E-state index in [-0.39, 0.29) is 17.8 Å². The minimum absolute atomic E-state index is 0.136. The maximum absolute atomic E-state index is 11.4. The van der Waals surface area contributed by atoms with Gasteiger partial charge in [-0.15, -0.1) is 0 Å². The van der Waals surface area contributed by atoms with E-state index in [0.717, 1.165) is 84.8 Å². The number of benzene rings is 9. The van der Waals surface area contributed by atoms with Crippen molar-refractivity contribution in [1.29, 1.82) is 0 Å². The third-order valence-electron chi connectivity index (χ3n) is 16.7. The summed E-state index contributed by atoms with van der Waals surface area (Å²) in [6, 6.07) is 80.6. The maximum atomic E-state index is 11.4. The molecule has 0 amide bonds. The van der Waals surface area contributed by atoms with E-state index in [0.29, 0.717) is 63.9 Å². The Morgan fingerprint density at radius 2 is 0.906 bits per heavy atom. The molecule has 6 atom stereocenters. The number of hydrogen-bond acceptors (Lipinski definition) is 11. The Morgan fingerprint density at radius 1 is 0.471 bits per heavy atom. The summed E-state index contributed by atoms with van der Waals surface area (Å²) in [7, 11) is 0. The SMILES string of the molecule is CCC(CC(CC(C)C(CN(CC)c1ccc(C=O)cc1)OO)C(Cn1c2ccccc2c2ccccc21)OO)C(CCCOc1ccc(N(c2ccccc2)c2ccc(-c3ccc(N(c4ccccc4)c4ccccc4)cc3)cc2)cc1)OO. The first kappa shape index (κ1) is 59.6. The Balaban J connectivity index is 0.811. The van der Waals surface area contributed by atoms with Crippen LogP contribution < -0.4 is 19.4 Å². The molecule has 3 N–H and O–H groups in total. The van der Waals surface area contributed by atoms with Gasteiger partial charge in [-0.1, -0.05) is 136 Å². The van der Waals surface area contributed by atoms with E-state index < -0.39 is 18.3 Å². The van der Waals surface area contributed by atoms with Gasteiger partial charge in [-0.05, 0) is 183 Å². The van der Waals surface area contributed by atoms with E-state index in [1.54, 1.807) is 12.1 Å². The second-order valence-corrected chi connectivity index (χ2v) is 22.0. The predicted molar refractivity (Wildman–Crippen MR) is 343 cm³/mol. The summed E-state index contributed by atoms with van der Waals surface area (Å²) in [6.07, 6.45) is 1.85. The van der Waals surface area contributed by atoms with Crippen LogP contribution in [0.4, 0.5) is 39.8 Å². The topological polar surface area (TPSA) is 129 Å². The van der Waals surface area contributed by atoms with Crippen molar-refractivity contribution < 1.29 is 40.0 Å². The van der Waals surface area contributed by atoms with Gasteiger partial charge in [-0.2, -0.15) is 0 Å². The van der Waals surface area contributed by atoms with Crippen LogP contribution in [0.3, 0.4) is 0 Å². The molecule has 0 aliphatic carbocycles. The van der Waals surface area contributed by atoms with Crippen molar-refractivity contribution in [3.05, 3.63) is 242 Å². The highest BCUT2D eigenvalue weighted by atomic mass is 17.1. The van der Waals surface area contributed by atoms with Crippen LogP contribution in [0.25, 0.3) is 32.9 Å². The van der Waals surface area contributed by atoms with Crippen LogP contribution in [0.5, 0.6) is 5.75 Å². The third-order valence-corrected chi connectivity index (χ3v) is 16.7. The van der Waals surface area contributed by atoms with E-state index >= 15 is 0 Å². The Labute approximate surface area is 499 Å². The predicted octanol–water partition coefficient (Wildman–Crippen LogP) is 18.2. The fourth-order valence-electron chi connectivity index (χ4n) is 12.1. The minimum Gasteiger partial charge on any atom is -0.494 e. The number of nitrogens with zero attached hydrogens (tertiary/aromatic N) is 4. The van der Waals surface area contributed by atoms with Crippen LogP contribution in [-0.4, -0.2) is 64.6 Å². The van der Waals surface area contributed by atoms with Crippen molar-refractivity contribution in [2.75, 3.05) is 34.4 Å². The molecule has 0 fully saturated rings. The Kier molecular flexibility index (Phi) is 20.5. The van der Waals surface area contributed by atoms with Crippen LogP contribution in [0.15, 0.2) is 237 Å². The summed E-state index contributed by atoms with van der Waals surface area (Å²) in [5, 5.41) is 34.3. The van der Waals surface area contributed by atoms with Gasteiger partial charge in [0.1, 0.15) is 24.2 Å². The molecule has 9 aromatic carbocycles. The lowest BCUT2D eigenvalue weighted by Crippen LogP contribution is -2.40. The molecule has 6 unspecified atom stereocenters. The number of ether oxygens (including phenoxy) is 1. The number of carbonyl (C=O) groups is 1. The second-order valence-electron chi connectivity index (χ2n) is 22.0. The first-order chi connectivity index (χ1) is 41.8. The lowest BCUT2D eigenvalue weighted by atomic mass is 9.79. The zero-order valence-electron chi connectivity index (χ0n) is 48.6. The summed E-state index contributed by atoms with van der Waals surface area (Å²) < 4.78 is 8.58. The molecule has 12 heteroatoms. The molecular formula is C73H76N4O8. The average molecular weight is 1140 g/mol. The normalized spacial score (nSPS) is 13.6. The van der Waals surface area contributed by atoms with Crippen molar-refractivity contribution in [2.24, 2.45) is 17.8 Å². The van der Waals surface area contributed by atoms with Gasteiger partial charge in [-0.3, -0.25) is 20.6 Å². The Hall–Kier alpha value is -8.59. The van der Waals surface area contributed by atoms with Crippen LogP contribution in [0, 0.1) is 17.8 Å². The molecule has 0 radical (unpaired) electrons. The van der Waals surface area contributed by atoms with E-state index in [1.807, 2.05) is 92.7 Å². The van der Waals surface area contributed by atoms with Gasteiger partial charge < -0.3 is 24.0 Å². The fraction of sp³-hybridized carbons (Fsp3) is 0.247. The number of para-hydroxylation sites is 5. The molecule has 12 nitrogen and oxygen atoms in total. The number of rotatable bonds is 30. The minimum atomic E-state index is -0.683. The molecule has 1 aromatic heterocycles. The van der Waals surface area contributed by atoms with Crippen LogP contribution in [-0.2, 0) is 21.2 Å². The van der Waals surface area contributed by atoms with Crippen molar-refractivity contribution in [3.8, 4) is 16.9 Å². The molecule has 0 aliphatic heterocycles. The fourth-order valence-corrected chi connectivity index (χ4v) is 12.1. The molecule has 0 saturated heterocycles. The standard InChI is InChI=1S/C73H76N4O8/c1-4-55(49-58(48-53(3)72(84-80)50-74(5-2)59-37-31-54(52-78)32-38-59)73(85-81)51-75-69-28-17-15-26-67(69)68-27-16-18-29-70(68)75)71(83-79)30-19-47-82-66-45-43-65(44-46-66)77(62-24-13-8-14-25-62)64-41-35-57(36-42-64)56-33-39-63(40-34-56)76(60-20-9-6-10-21-60)61-22-11-7-12-23-61/h6-18,20-29,31-46,52-53,55,58,71-73,79-81H,4-5,19,30,47-51H2,1-3H3. The lowest BCUT2D eigenvalue weighted by Gasteiger charge is -2.35. The van der Waals surface area contributed by atoms with Crippen molar-refractivity contribution >= 4 is 67.9 Å². The monoisotopic (exact) mass is 1140 g/mol. The molecule has 1 heterocycles. The number of fused-ring (bicyclic) bond motifs is 3. The van der Waals surface area contributed by atoms with E-state index in [9.17, 15) is 20.6 Å². The van der Waals surface area contributed by atoms with Crippen molar-refractivity contribution in [1.82, 2.24) is 4.57 Å². The van der Waals surface area contributed by atoms with Crippen LogP contribution in [0.2, 0.25) is 0 Å². The van der Waals surface area contributed by atoms with E-state index in [4.69, 9.17) is 19.4 Å². The molecule has 0 bridgehead atoms. The summed E-state index contributed by atoms with van der Waals surface area (Å²) >= 11 is 0. The summed E-state index contributed by atoms with van der Waals surface area (Å²) in [5.41, 5.74) is 12.1. The first-order valence-corrected chi connectivity index (χ1v) is 29.7. The van der Waals surface area contributed by atoms with E-state index in [1.165, 1.54) is 0 Å². The Morgan fingerprint density at radius 3 is 1.35 bits per heavy atom. The van der Waals surface area contributed by atoms with Gasteiger partial charge in [0.25, 0.3) is 0 Å². The number of likely N-dealkylation sites (N-methyl/N-ethyl adjacent to an activating group) is 1. The molecule has 436 valence electrons. The van der Waals surface area contributed by atoms with Gasteiger partial charge in [0, 0.05) is 80.3 Å². The number of hydrogen-bond donors (Lipinski definition) is 3. The molecule has 10 aromatic rings. The average Bonchev–Trinajstić information content (AvgIpc) is 3.64. The van der Waals surface area contributed by atoms with Crippen molar-refractivity contribution in [3.63, 3.8) is 0 Å². The number of aromatic nitrogens is 1. The van der Waals surface area contributed by atoms with E-state index in [2.05, 4.69) is 172 Å². The molecule has 10 rings (SSSR count). The smallest absolute Gasteiger partial charge is 0.150 e. The molecular weight excluding hydrogens is 1060 g/mol. The zero-order chi connectivity index (χ0) is 58.9. The molecule has 0 aliphatic rings. The van der Waals surface area contributed by atoms with Gasteiger partial charge in [0.2, 0.25) is 0 Å². The number of carbonyl (C=O) groups excluding carboxylic acids is 1. The number of aldehydes is 1. The third kappa shape index (κ3) is 14.3. The van der Waals surface area contributed by atoms with Gasteiger partial charge in [0.05, 0.1) is 19.3 Å². The lowest BCUT2D eigenvalue weighted by molar-refractivity contribution is -0.307. The highest BCUT2D eigenvalue weighted by Gasteiger charge is 2.35.